The number of hydrogen-bond acceptors (Lipinski definition) is 3. The van der Waals surface area contributed by atoms with E-state index in [1.807, 2.05) is 30.3 Å². The van der Waals surface area contributed by atoms with Crippen LogP contribution in [0, 0.1) is 0 Å². The van der Waals surface area contributed by atoms with Crippen LogP contribution >= 0.6 is 0 Å². The first-order valence-electron chi connectivity index (χ1n) is 8.48. The number of nitrogens with one attached hydrogen (secondary N) is 1. The van der Waals surface area contributed by atoms with Crippen LogP contribution < -0.4 is 10.2 Å². The third-order valence-electron chi connectivity index (χ3n) is 4.12. The molecule has 0 fully saturated rings. The minimum Gasteiger partial charge on any atom is -0.371 e. The molecule has 1 N–H and O–H groups in total. The average Bonchev–Trinajstić information content (AvgIpc) is 2.56. The van der Waals surface area contributed by atoms with Gasteiger partial charge in [-0.1, -0.05) is 32.9 Å². The Morgan fingerprint density at radius 1 is 1.04 bits per heavy atom. The maximum absolute atomic E-state index is 12.3. The number of aromatic nitrogens is 1. The normalized spacial score (nSPS) is 11.2. The summed E-state index contributed by atoms with van der Waals surface area (Å²) in [4.78, 5) is 18.8. The highest BCUT2D eigenvalue weighted by Crippen LogP contribution is 2.23. The second kappa shape index (κ2) is 7.47. The van der Waals surface area contributed by atoms with Gasteiger partial charge in [-0.3, -0.25) is 4.79 Å². The van der Waals surface area contributed by atoms with E-state index in [-0.39, 0.29) is 11.3 Å². The van der Waals surface area contributed by atoms with E-state index < -0.39 is 0 Å². The fraction of sp³-hybridized carbons (Fsp3) is 0.400. The van der Waals surface area contributed by atoms with Gasteiger partial charge in [0.15, 0.2) is 0 Å². The maximum atomic E-state index is 12.3. The van der Waals surface area contributed by atoms with Crippen molar-refractivity contribution < 1.29 is 4.79 Å². The third kappa shape index (κ3) is 4.34. The van der Waals surface area contributed by atoms with Gasteiger partial charge in [0, 0.05) is 18.8 Å². The molecule has 0 saturated carbocycles. The minimum absolute atomic E-state index is 0.102. The minimum atomic E-state index is -0.190. The third-order valence-corrected chi connectivity index (χ3v) is 4.12. The summed E-state index contributed by atoms with van der Waals surface area (Å²) in [6.45, 7) is 12.6. The van der Waals surface area contributed by atoms with Gasteiger partial charge in [-0.25, -0.2) is 4.98 Å². The molecule has 0 aliphatic rings. The van der Waals surface area contributed by atoms with Crippen LogP contribution in [0.15, 0.2) is 42.6 Å². The second-order valence-corrected chi connectivity index (χ2v) is 6.86. The van der Waals surface area contributed by atoms with Crippen LogP contribution in [0.25, 0.3) is 0 Å². The zero-order valence-corrected chi connectivity index (χ0v) is 15.3. The van der Waals surface area contributed by atoms with Gasteiger partial charge in [-0.15, -0.1) is 0 Å². The van der Waals surface area contributed by atoms with Gasteiger partial charge in [0.25, 0.3) is 5.91 Å². The van der Waals surface area contributed by atoms with Crippen molar-refractivity contribution in [2.45, 2.75) is 40.0 Å². The van der Waals surface area contributed by atoms with Gasteiger partial charge in [0.1, 0.15) is 5.69 Å². The predicted octanol–water partition coefficient (Wildman–Crippen LogP) is 4.48. The molecule has 0 atom stereocenters. The van der Waals surface area contributed by atoms with E-state index in [2.05, 4.69) is 49.8 Å². The molecule has 2 rings (SSSR count). The van der Waals surface area contributed by atoms with Gasteiger partial charge in [-0.2, -0.15) is 0 Å². The molecule has 1 heterocycles. The van der Waals surface area contributed by atoms with E-state index in [1.54, 1.807) is 12.3 Å². The lowest BCUT2D eigenvalue weighted by molar-refractivity contribution is 0.102. The highest BCUT2D eigenvalue weighted by Gasteiger charge is 2.14. The Labute approximate surface area is 144 Å². The lowest BCUT2D eigenvalue weighted by Gasteiger charge is -2.20. The van der Waals surface area contributed by atoms with E-state index in [0.717, 1.165) is 24.5 Å². The van der Waals surface area contributed by atoms with Crippen LogP contribution in [0.4, 0.5) is 11.4 Å². The Hall–Kier alpha value is -2.36. The van der Waals surface area contributed by atoms with Crippen molar-refractivity contribution in [3.8, 4) is 0 Å². The lowest BCUT2D eigenvalue weighted by atomic mass is 9.87. The van der Waals surface area contributed by atoms with Gasteiger partial charge in [0.2, 0.25) is 0 Å². The molecular formula is C20H27N3O. The van der Waals surface area contributed by atoms with Crippen LogP contribution in [0.5, 0.6) is 0 Å². The van der Waals surface area contributed by atoms with Crippen LogP contribution in [0.3, 0.4) is 0 Å². The molecule has 0 unspecified atom stereocenters. The van der Waals surface area contributed by atoms with Crippen molar-refractivity contribution in [2.75, 3.05) is 23.3 Å². The molecule has 1 aromatic heterocycles. The summed E-state index contributed by atoms with van der Waals surface area (Å²) in [5.41, 5.74) is 3.58. The van der Waals surface area contributed by atoms with Crippen LogP contribution in [0.2, 0.25) is 0 Å². The number of amides is 1. The molecule has 1 aromatic carbocycles. The molecule has 0 radical (unpaired) electrons. The molecule has 0 saturated heterocycles. The first-order valence-corrected chi connectivity index (χ1v) is 8.48. The number of rotatable bonds is 5. The average molecular weight is 325 g/mol. The zero-order valence-electron chi connectivity index (χ0n) is 15.3. The Bertz CT molecular complexity index is 666. The van der Waals surface area contributed by atoms with Crippen molar-refractivity contribution in [1.29, 1.82) is 0 Å². The number of benzene rings is 1. The van der Waals surface area contributed by atoms with E-state index in [4.69, 9.17) is 0 Å². The Morgan fingerprint density at radius 3 is 2.12 bits per heavy atom. The molecule has 128 valence electrons. The van der Waals surface area contributed by atoms with Crippen LogP contribution in [0.1, 0.15) is 50.7 Å². The SMILES string of the molecule is CCN(CC)c1ccc(C(=O)Nc2ccc(C(C)(C)C)cc2)nc1. The van der Waals surface area contributed by atoms with Gasteiger partial charge in [0.05, 0.1) is 11.9 Å². The van der Waals surface area contributed by atoms with E-state index in [0.29, 0.717) is 5.69 Å². The van der Waals surface area contributed by atoms with E-state index in [9.17, 15) is 4.79 Å². The molecular weight excluding hydrogens is 298 g/mol. The van der Waals surface area contributed by atoms with Crippen molar-refractivity contribution in [2.24, 2.45) is 0 Å². The molecule has 0 bridgehead atoms. The second-order valence-electron chi connectivity index (χ2n) is 6.86. The Morgan fingerprint density at radius 2 is 1.67 bits per heavy atom. The number of carbonyl (C=O) groups excluding carboxylic acids is 1. The number of hydrogen-bond donors (Lipinski definition) is 1. The van der Waals surface area contributed by atoms with Crippen molar-refractivity contribution >= 4 is 17.3 Å². The number of pyridine rings is 1. The fourth-order valence-electron chi connectivity index (χ4n) is 2.54. The van der Waals surface area contributed by atoms with Crippen molar-refractivity contribution in [3.63, 3.8) is 0 Å². The largest absolute Gasteiger partial charge is 0.371 e. The quantitative estimate of drug-likeness (QED) is 0.881. The van der Waals surface area contributed by atoms with Crippen molar-refractivity contribution in [3.05, 3.63) is 53.9 Å². The first-order chi connectivity index (χ1) is 11.3. The Kier molecular flexibility index (Phi) is 5.60. The number of carbonyl (C=O) groups is 1. The molecule has 1 amide bonds. The van der Waals surface area contributed by atoms with Gasteiger partial charge in [-0.05, 0) is 49.1 Å². The van der Waals surface area contributed by atoms with Gasteiger partial charge < -0.3 is 10.2 Å². The summed E-state index contributed by atoms with van der Waals surface area (Å²) in [5, 5.41) is 2.90. The van der Waals surface area contributed by atoms with Crippen LogP contribution in [-0.4, -0.2) is 24.0 Å². The summed E-state index contributed by atoms with van der Waals surface area (Å²) in [6, 6.07) is 11.7. The molecule has 0 spiro atoms. The smallest absolute Gasteiger partial charge is 0.274 e. The summed E-state index contributed by atoms with van der Waals surface area (Å²) in [6.07, 6.45) is 1.75. The standard InChI is InChI=1S/C20H27N3O/c1-6-23(7-2)17-12-13-18(21-14-17)19(24)22-16-10-8-15(9-11-16)20(3,4)5/h8-14H,6-7H2,1-5H3,(H,22,24). The highest BCUT2D eigenvalue weighted by molar-refractivity contribution is 6.02. The molecule has 24 heavy (non-hydrogen) atoms. The van der Waals surface area contributed by atoms with E-state index in [1.165, 1.54) is 5.56 Å². The number of nitrogens with zero attached hydrogens (tertiary/aromatic N) is 2. The summed E-state index contributed by atoms with van der Waals surface area (Å²) >= 11 is 0. The lowest BCUT2D eigenvalue weighted by Crippen LogP contribution is -2.22. The fourth-order valence-corrected chi connectivity index (χ4v) is 2.54. The van der Waals surface area contributed by atoms with Crippen LogP contribution in [-0.2, 0) is 5.41 Å². The first kappa shape index (κ1) is 18.0. The molecule has 4 nitrogen and oxygen atoms in total. The van der Waals surface area contributed by atoms with E-state index >= 15 is 0 Å². The molecule has 4 heteroatoms. The monoisotopic (exact) mass is 325 g/mol. The summed E-state index contributed by atoms with van der Waals surface area (Å²) in [5.74, 6) is -0.190. The summed E-state index contributed by atoms with van der Waals surface area (Å²) in [7, 11) is 0. The zero-order chi connectivity index (χ0) is 17.7. The maximum Gasteiger partial charge on any atom is 0.274 e. The number of anilines is 2. The summed E-state index contributed by atoms with van der Waals surface area (Å²) < 4.78 is 0. The predicted molar refractivity (Wildman–Crippen MR) is 101 cm³/mol. The van der Waals surface area contributed by atoms with Crippen molar-refractivity contribution in [1.82, 2.24) is 4.98 Å². The molecule has 0 aliphatic carbocycles. The Balaban J connectivity index is 2.07. The molecule has 2 aromatic rings. The molecule has 0 aliphatic heterocycles. The highest BCUT2D eigenvalue weighted by atomic mass is 16.1. The van der Waals surface area contributed by atoms with Gasteiger partial charge >= 0.3 is 0 Å². The topological polar surface area (TPSA) is 45.2 Å².